The molecule has 0 bridgehead atoms. The lowest BCUT2D eigenvalue weighted by Crippen LogP contribution is -2.51. The molecule has 3 aromatic rings. The highest BCUT2D eigenvalue weighted by Crippen LogP contribution is 2.34. The lowest BCUT2D eigenvalue weighted by atomic mass is 9.86. The van der Waals surface area contributed by atoms with E-state index in [9.17, 15) is 22.8 Å². The van der Waals surface area contributed by atoms with E-state index in [2.05, 4.69) is 46.4 Å². The molecule has 1 aromatic heterocycles. The molecule has 3 rings (SSSR count). The van der Waals surface area contributed by atoms with Crippen LogP contribution in [0, 0.1) is 5.92 Å². The number of primary amides is 1. The Labute approximate surface area is 257 Å². The predicted molar refractivity (Wildman–Crippen MR) is 170 cm³/mol. The van der Waals surface area contributed by atoms with E-state index in [4.69, 9.17) is 5.73 Å². The van der Waals surface area contributed by atoms with Gasteiger partial charge >= 0.3 is 0 Å². The van der Waals surface area contributed by atoms with Gasteiger partial charge in [0.2, 0.25) is 21.8 Å². The number of hydrogen-bond donors (Lipinski definition) is 5. The Morgan fingerprint density at radius 3 is 2.16 bits per heavy atom. The number of carbonyl (C=O) groups is 3. The zero-order chi connectivity index (χ0) is 31.9. The van der Waals surface area contributed by atoms with Gasteiger partial charge in [0.15, 0.2) is 5.13 Å². The van der Waals surface area contributed by atoms with Crippen LogP contribution in [0.5, 0.6) is 0 Å². The second-order valence-corrected chi connectivity index (χ2v) is 14.0. The summed E-state index contributed by atoms with van der Waals surface area (Å²) in [7, 11) is -2.15. The molecule has 0 aliphatic carbocycles. The molecule has 43 heavy (non-hydrogen) atoms. The summed E-state index contributed by atoms with van der Waals surface area (Å²) < 4.78 is 27.6. The number of carbonyl (C=O) groups excluding carboxylic acids is 3. The third kappa shape index (κ3) is 8.62. The third-order valence-corrected chi connectivity index (χ3v) is 9.62. The quantitative estimate of drug-likeness (QED) is 0.180. The molecule has 6 N–H and O–H groups in total. The van der Waals surface area contributed by atoms with Gasteiger partial charge in [-0.25, -0.2) is 18.1 Å². The molecule has 11 nitrogen and oxygen atoms in total. The summed E-state index contributed by atoms with van der Waals surface area (Å²) in [6.07, 6.45) is 0.617. The Bertz CT molecular complexity index is 1550. The highest BCUT2D eigenvalue weighted by Gasteiger charge is 2.29. The van der Waals surface area contributed by atoms with Crippen molar-refractivity contribution in [1.82, 2.24) is 20.3 Å². The molecular formula is C30H40N6O5S2. The zero-order valence-electron chi connectivity index (χ0n) is 25.3. The molecule has 0 spiro atoms. The smallest absolute Gasteiger partial charge is 0.272 e. The van der Waals surface area contributed by atoms with Gasteiger partial charge in [0.05, 0.1) is 9.77 Å². The summed E-state index contributed by atoms with van der Waals surface area (Å²) in [4.78, 5) is 43.1. The highest BCUT2D eigenvalue weighted by molar-refractivity contribution is 7.89. The minimum absolute atomic E-state index is 0.00772. The van der Waals surface area contributed by atoms with Gasteiger partial charge in [-0.05, 0) is 46.7 Å². The number of nitrogens with two attached hydrogens (primary N) is 1. The van der Waals surface area contributed by atoms with E-state index < -0.39 is 33.8 Å². The first-order valence-corrected chi connectivity index (χ1v) is 16.3. The molecular weight excluding hydrogens is 589 g/mol. The SMILES string of the molecule is CC[C@H](C)[C@@H](NC(=O)c1nc(NC)sc1-c1ccc(C(C)(C)C)cc1)C(=O)NCCNS(=O)(=O)c1ccc(C(N)=O)cc1. The van der Waals surface area contributed by atoms with E-state index in [1.807, 2.05) is 38.1 Å². The number of nitrogens with one attached hydrogen (secondary N) is 4. The van der Waals surface area contributed by atoms with E-state index in [1.54, 1.807) is 7.05 Å². The van der Waals surface area contributed by atoms with E-state index in [-0.39, 0.29) is 40.6 Å². The summed E-state index contributed by atoms with van der Waals surface area (Å²) in [5.74, 6) is -1.78. The molecule has 0 aliphatic heterocycles. The normalized spacial score (nSPS) is 13.2. The molecule has 3 amide bonds. The molecule has 232 valence electrons. The van der Waals surface area contributed by atoms with Crippen LogP contribution in [-0.4, -0.2) is 57.3 Å². The van der Waals surface area contributed by atoms with E-state index in [1.165, 1.54) is 35.6 Å². The molecule has 0 saturated carbocycles. The van der Waals surface area contributed by atoms with Crippen LogP contribution in [0.1, 0.15) is 67.4 Å². The van der Waals surface area contributed by atoms with Crippen LogP contribution in [0.2, 0.25) is 0 Å². The minimum Gasteiger partial charge on any atom is -0.366 e. The van der Waals surface area contributed by atoms with Crippen molar-refractivity contribution < 1.29 is 22.8 Å². The van der Waals surface area contributed by atoms with Gasteiger partial charge in [-0.15, -0.1) is 0 Å². The second-order valence-electron chi connectivity index (χ2n) is 11.2. The van der Waals surface area contributed by atoms with Gasteiger partial charge in [0.1, 0.15) is 11.7 Å². The average molecular weight is 629 g/mol. The molecule has 0 aliphatic rings. The lowest BCUT2D eigenvalue weighted by molar-refractivity contribution is -0.124. The van der Waals surface area contributed by atoms with Gasteiger partial charge in [0, 0.05) is 25.7 Å². The number of hydrogen-bond acceptors (Lipinski definition) is 8. The Morgan fingerprint density at radius 2 is 1.63 bits per heavy atom. The molecule has 1 heterocycles. The molecule has 0 radical (unpaired) electrons. The van der Waals surface area contributed by atoms with Gasteiger partial charge in [-0.3, -0.25) is 14.4 Å². The molecule has 2 atom stereocenters. The summed E-state index contributed by atoms with van der Waals surface area (Å²) in [5.41, 5.74) is 7.60. The van der Waals surface area contributed by atoms with Crippen molar-refractivity contribution in [1.29, 1.82) is 0 Å². The van der Waals surface area contributed by atoms with Crippen LogP contribution >= 0.6 is 11.3 Å². The first-order valence-electron chi connectivity index (χ1n) is 14.0. The van der Waals surface area contributed by atoms with E-state index in [0.717, 1.165) is 11.1 Å². The van der Waals surface area contributed by atoms with Crippen LogP contribution < -0.4 is 26.4 Å². The number of thiazole rings is 1. The summed E-state index contributed by atoms with van der Waals surface area (Å²) in [6, 6.07) is 12.4. The minimum atomic E-state index is -3.88. The van der Waals surface area contributed by atoms with Gasteiger partial charge < -0.3 is 21.7 Å². The van der Waals surface area contributed by atoms with Gasteiger partial charge in [-0.2, -0.15) is 0 Å². The van der Waals surface area contributed by atoms with E-state index in [0.29, 0.717) is 16.4 Å². The van der Waals surface area contributed by atoms with Crippen molar-refractivity contribution >= 4 is 44.2 Å². The summed E-state index contributed by atoms with van der Waals surface area (Å²) >= 11 is 1.35. The van der Waals surface area contributed by atoms with Crippen molar-refractivity contribution in [3.05, 3.63) is 65.4 Å². The number of rotatable bonds is 13. The molecule has 0 unspecified atom stereocenters. The Hall–Kier alpha value is -3.81. The van der Waals surface area contributed by atoms with Crippen LogP contribution in [0.25, 0.3) is 10.4 Å². The maximum atomic E-state index is 13.5. The first kappa shape index (κ1) is 33.7. The largest absolute Gasteiger partial charge is 0.366 e. The molecule has 13 heteroatoms. The van der Waals surface area contributed by atoms with Gasteiger partial charge in [0.25, 0.3) is 5.91 Å². The molecule has 2 aromatic carbocycles. The van der Waals surface area contributed by atoms with E-state index >= 15 is 0 Å². The fraction of sp³-hybridized carbons (Fsp3) is 0.400. The fourth-order valence-corrected chi connectivity index (χ4v) is 6.13. The number of benzene rings is 2. The van der Waals surface area contributed by atoms with Crippen molar-refractivity contribution in [3.63, 3.8) is 0 Å². The van der Waals surface area contributed by atoms with Crippen LogP contribution in [0.15, 0.2) is 53.4 Å². The first-order chi connectivity index (χ1) is 20.2. The number of aromatic nitrogens is 1. The monoisotopic (exact) mass is 628 g/mol. The van der Waals surface area contributed by atoms with Crippen LogP contribution in [0.4, 0.5) is 5.13 Å². The highest BCUT2D eigenvalue weighted by atomic mass is 32.2. The van der Waals surface area contributed by atoms with Crippen LogP contribution in [0.3, 0.4) is 0 Å². The summed E-state index contributed by atoms with van der Waals surface area (Å²) in [5, 5.41) is 9.13. The zero-order valence-corrected chi connectivity index (χ0v) is 26.9. The number of amides is 3. The Morgan fingerprint density at radius 1 is 1.00 bits per heavy atom. The predicted octanol–water partition coefficient (Wildman–Crippen LogP) is 3.49. The van der Waals surface area contributed by atoms with Crippen molar-refractivity contribution in [3.8, 4) is 10.4 Å². The molecule has 0 fully saturated rings. The standard InChI is InChI=1S/C30H40N6O5S2/c1-7-18(2)23(27(38)33-16-17-34-43(40,41)22-14-10-20(11-15-22)26(31)37)35-28(39)24-25(42-29(32-6)36-24)19-8-12-21(13-9-19)30(3,4)5/h8-15,18,23,34H,7,16-17H2,1-6H3,(H2,31,37)(H,32,36)(H,33,38)(H,35,39)/t18-,23+/m0/s1. The lowest BCUT2D eigenvalue weighted by Gasteiger charge is -2.23. The number of nitrogens with zero attached hydrogens (tertiary/aromatic N) is 1. The fourth-order valence-electron chi connectivity index (χ4n) is 4.17. The van der Waals surface area contributed by atoms with Crippen molar-refractivity contribution in [2.24, 2.45) is 11.7 Å². The second kappa shape index (κ2) is 14.1. The van der Waals surface area contributed by atoms with Gasteiger partial charge in [-0.1, -0.05) is 76.6 Å². The Kier molecular flexibility index (Phi) is 11.1. The topological polar surface area (TPSA) is 172 Å². The summed E-state index contributed by atoms with van der Waals surface area (Å²) in [6.45, 7) is 10.1. The maximum Gasteiger partial charge on any atom is 0.272 e. The van der Waals surface area contributed by atoms with Crippen molar-refractivity contribution in [2.45, 2.75) is 57.4 Å². The molecule has 0 saturated heterocycles. The third-order valence-electron chi connectivity index (χ3n) is 7.02. The van der Waals surface area contributed by atoms with Crippen molar-refractivity contribution in [2.75, 3.05) is 25.5 Å². The average Bonchev–Trinajstić information content (AvgIpc) is 3.42. The Balaban J connectivity index is 1.69. The maximum absolute atomic E-state index is 13.5. The van der Waals surface area contributed by atoms with Crippen LogP contribution in [-0.2, 0) is 20.2 Å². The number of sulfonamides is 1. The number of anilines is 1.